The number of sulfone groups is 1. The Bertz CT molecular complexity index is 765. The number of nitrogens with zero attached hydrogens (tertiary/aromatic N) is 2. The van der Waals surface area contributed by atoms with Crippen molar-refractivity contribution in [1.29, 1.82) is 0 Å². The number of aryl methyl sites for hydroxylation is 1. The molecule has 1 atom stereocenters. The fraction of sp³-hybridized carbons (Fsp3) is 0.429. The Labute approximate surface area is 132 Å². The minimum absolute atomic E-state index is 0.0296. The molecule has 8 heteroatoms. The molecule has 2 aromatic rings. The number of carbonyl (C=O) groups is 1. The molecule has 0 unspecified atom stereocenters. The molecule has 2 aromatic heterocycles. The molecule has 0 saturated carbocycles. The first kappa shape index (κ1) is 15.2. The van der Waals surface area contributed by atoms with Gasteiger partial charge in [0.25, 0.3) is 5.91 Å². The van der Waals surface area contributed by atoms with Crippen molar-refractivity contribution in [2.45, 2.75) is 18.6 Å². The first-order chi connectivity index (χ1) is 10.5. The van der Waals surface area contributed by atoms with Crippen molar-refractivity contribution in [3.05, 3.63) is 39.9 Å². The lowest BCUT2D eigenvalue weighted by Crippen LogP contribution is -2.33. The van der Waals surface area contributed by atoms with E-state index in [0.717, 1.165) is 4.88 Å². The molecule has 1 amide bonds. The molecule has 6 nitrogen and oxygen atoms in total. The van der Waals surface area contributed by atoms with Gasteiger partial charge in [-0.3, -0.25) is 4.79 Å². The van der Waals surface area contributed by atoms with Crippen molar-refractivity contribution in [1.82, 2.24) is 10.1 Å². The quantitative estimate of drug-likeness (QED) is 0.836. The van der Waals surface area contributed by atoms with E-state index in [-0.39, 0.29) is 23.9 Å². The first-order valence-corrected chi connectivity index (χ1v) is 9.54. The lowest BCUT2D eigenvalue weighted by Gasteiger charge is -2.18. The lowest BCUT2D eigenvalue weighted by molar-refractivity contribution is 0.0756. The molecule has 1 saturated heterocycles. The molecule has 3 rings (SSSR count). The highest BCUT2D eigenvalue weighted by Crippen LogP contribution is 2.32. The molecule has 22 heavy (non-hydrogen) atoms. The number of hydrogen-bond donors (Lipinski definition) is 0. The fourth-order valence-corrected chi connectivity index (χ4v) is 5.57. The van der Waals surface area contributed by atoms with E-state index in [0.29, 0.717) is 18.7 Å². The summed E-state index contributed by atoms with van der Waals surface area (Å²) in [5.74, 6) is 0.249. The van der Waals surface area contributed by atoms with Crippen molar-refractivity contribution in [2.24, 2.45) is 0 Å². The lowest BCUT2D eigenvalue weighted by atomic mass is 10.2. The van der Waals surface area contributed by atoms with E-state index in [1.807, 2.05) is 17.5 Å². The van der Waals surface area contributed by atoms with Gasteiger partial charge in [-0.05, 0) is 24.8 Å². The summed E-state index contributed by atoms with van der Waals surface area (Å²) >= 11 is 1.44. The predicted molar refractivity (Wildman–Crippen MR) is 82.6 cm³/mol. The van der Waals surface area contributed by atoms with E-state index in [1.165, 1.54) is 11.3 Å². The van der Waals surface area contributed by atoms with Gasteiger partial charge < -0.3 is 9.42 Å². The molecule has 0 aromatic carbocycles. The topological polar surface area (TPSA) is 80.5 Å². The van der Waals surface area contributed by atoms with Crippen molar-refractivity contribution in [3.63, 3.8) is 0 Å². The summed E-state index contributed by atoms with van der Waals surface area (Å²) in [6, 6.07) is 5.26. The Morgan fingerprint density at radius 3 is 2.91 bits per heavy atom. The van der Waals surface area contributed by atoms with E-state index in [1.54, 1.807) is 17.9 Å². The van der Waals surface area contributed by atoms with Crippen LogP contribution in [0.15, 0.2) is 28.1 Å². The van der Waals surface area contributed by atoms with Crippen LogP contribution in [0.3, 0.4) is 0 Å². The van der Waals surface area contributed by atoms with E-state index in [2.05, 4.69) is 5.16 Å². The minimum atomic E-state index is -3.25. The zero-order valence-corrected chi connectivity index (χ0v) is 13.7. The molecule has 1 fully saturated rings. The highest BCUT2D eigenvalue weighted by atomic mass is 32.2. The average molecular weight is 340 g/mol. The van der Waals surface area contributed by atoms with Crippen LogP contribution in [0.4, 0.5) is 0 Å². The maximum atomic E-state index is 12.4. The number of thiophene rings is 1. The minimum Gasteiger partial charge on any atom is -0.361 e. The summed E-state index contributed by atoms with van der Waals surface area (Å²) in [6.07, 6.45) is 0.408. The summed E-state index contributed by atoms with van der Waals surface area (Å²) < 4.78 is 29.8. The second-order valence-corrected chi connectivity index (χ2v) is 8.56. The van der Waals surface area contributed by atoms with Gasteiger partial charge in [-0.1, -0.05) is 11.2 Å². The average Bonchev–Trinajstić information content (AvgIpc) is 3.10. The third kappa shape index (κ3) is 2.93. The number of hydrogen-bond acceptors (Lipinski definition) is 6. The standard InChI is InChI=1S/C14H16N2O4S2/c1-10-9-11(15-20-10)14(17)16-5-4-13(12-3-2-7-21-12)22(18,19)8-6-16/h2-3,7,9,13H,4-6,8H2,1H3/t13-/m1/s1. The highest BCUT2D eigenvalue weighted by molar-refractivity contribution is 7.91. The fourth-order valence-electron chi connectivity index (χ4n) is 2.57. The second-order valence-electron chi connectivity index (χ2n) is 5.27. The molecule has 0 N–H and O–H groups in total. The van der Waals surface area contributed by atoms with Crippen LogP contribution in [0.25, 0.3) is 0 Å². The second kappa shape index (κ2) is 5.85. The van der Waals surface area contributed by atoms with Crippen LogP contribution >= 0.6 is 11.3 Å². The molecule has 0 spiro atoms. The van der Waals surface area contributed by atoms with Crippen molar-refractivity contribution in [3.8, 4) is 0 Å². The smallest absolute Gasteiger partial charge is 0.276 e. The van der Waals surface area contributed by atoms with Gasteiger partial charge >= 0.3 is 0 Å². The van der Waals surface area contributed by atoms with Gasteiger partial charge in [0.1, 0.15) is 5.76 Å². The third-order valence-electron chi connectivity index (χ3n) is 3.74. The number of carbonyl (C=O) groups excluding carboxylic acids is 1. The maximum Gasteiger partial charge on any atom is 0.276 e. The maximum absolute atomic E-state index is 12.4. The third-order valence-corrected chi connectivity index (χ3v) is 6.98. The largest absolute Gasteiger partial charge is 0.361 e. The molecular weight excluding hydrogens is 324 g/mol. The molecular formula is C14H16N2O4S2. The summed E-state index contributed by atoms with van der Waals surface area (Å²) in [7, 11) is -3.25. The van der Waals surface area contributed by atoms with Crippen LogP contribution in [0, 0.1) is 6.92 Å². The zero-order chi connectivity index (χ0) is 15.7. The van der Waals surface area contributed by atoms with Crippen LogP contribution in [0.2, 0.25) is 0 Å². The molecule has 0 bridgehead atoms. The van der Waals surface area contributed by atoms with Gasteiger partial charge in [0.05, 0.1) is 11.0 Å². The van der Waals surface area contributed by atoms with E-state index >= 15 is 0 Å². The summed E-state index contributed by atoms with van der Waals surface area (Å²) in [5, 5.41) is 5.06. The Morgan fingerprint density at radius 1 is 1.45 bits per heavy atom. The van der Waals surface area contributed by atoms with Gasteiger partial charge in [0.15, 0.2) is 15.5 Å². The zero-order valence-electron chi connectivity index (χ0n) is 12.1. The molecule has 0 aliphatic carbocycles. The van der Waals surface area contributed by atoms with E-state index < -0.39 is 15.1 Å². The Morgan fingerprint density at radius 2 is 2.27 bits per heavy atom. The van der Waals surface area contributed by atoms with E-state index in [4.69, 9.17) is 4.52 Å². The van der Waals surface area contributed by atoms with Gasteiger partial charge in [-0.2, -0.15) is 0 Å². The monoisotopic (exact) mass is 340 g/mol. The summed E-state index contributed by atoms with van der Waals surface area (Å²) in [5.41, 5.74) is 0.226. The SMILES string of the molecule is Cc1cc(C(=O)N2CC[C@H](c3cccs3)S(=O)(=O)CC2)no1. The van der Waals surface area contributed by atoms with Crippen LogP contribution in [-0.4, -0.2) is 43.2 Å². The normalized spacial score (nSPS) is 21.5. The van der Waals surface area contributed by atoms with E-state index in [9.17, 15) is 13.2 Å². The van der Waals surface area contributed by atoms with Gasteiger partial charge in [-0.15, -0.1) is 11.3 Å². The Balaban J connectivity index is 1.80. The van der Waals surface area contributed by atoms with Crippen LogP contribution in [0.1, 0.15) is 32.8 Å². The van der Waals surface area contributed by atoms with Crippen LogP contribution in [-0.2, 0) is 9.84 Å². The first-order valence-electron chi connectivity index (χ1n) is 6.95. The van der Waals surface area contributed by atoms with Crippen molar-refractivity contribution >= 4 is 27.1 Å². The van der Waals surface area contributed by atoms with Crippen LogP contribution in [0.5, 0.6) is 0 Å². The van der Waals surface area contributed by atoms with Gasteiger partial charge in [0.2, 0.25) is 0 Å². The number of rotatable bonds is 2. The molecule has 1 aliphatic rings. The summed E-state index contributed by atoms with van der Waals surface area (Å²) in [6.45, 7) is 2.30. The van der Waals surface area contributed by atoms with Crippen molar-refractivity contribution in [2.75, 3.05) is 18.8 Å². The molecule has 1 aliphatic heterocycles. The van der Waals surface area contributed by atoms with Gasteiger partial charge in [-0.25, -0.2) is 8.42 Å². The summed E-state index contributed by atoms with van der Waals surface area (Å²) in [4.78, 5) is 14.8. The Kier molecular flexibility index (Phi) is 4.05. The molecule has 3 heterocycles. The number of amides is 1. The molecule has 118 valence electrons. The Hall–Kier alpha value is -1.67. The van der Waals surface area contributed by atoms with Gasteiger partial charge in [0, 0.05) is 24.0 Å². The van der Waals surface area contributed by atoms with Crippen molar-refractivity contribution < 1.29 is 17.7 Å². The van der Waals surface area contributed by atoms with Crippen LogP contribution < -0.4 is 0 Å². The number of aromatic nitrogens is 1. The predicted octanol–water partition coefficient (Wildman–Crippen LogP) is 2.05. The molecule has 0 radical (unpaired) electrons. The highest BCUT2D eigenvalue weighted by Gasteiger charge is 2.34.